The Labute approximate surface area is 68.3 Å². The first-order valence-electron chi connectivity index (χ1n) is 2.99. The van der Waals surface area contributed by atoms with Gasteiger partial charge in [0.1, 0.15) is 0 Å². The van der Waals surface area contributed by atoms with E-state index in [0.717, 1.165) is 12.2 Å². The number of aliphatic carboxylic acids is 2. The van der Waals surface area contributed by atoms with E-state index < -0.39 is 17.7 Å². The van der Waals surface area contributed by atoms with Gasteiger partial charge in [0.2, 0.25) is 5.76 Å². The molecule has 0 atom stereocenters. The molecule has 0 aliphatic carbocycles. The van der Waals surface area contributed by atoms with E-state index in [0.29, 0.717) is 0 Å². The van der Waals surface area contributed by atoms with E-state index in [2.05, 4.69) is 0 Å². The molecule has 5 heteroatoms. The number of carboxylic acids is 2. The van der Waals surface area contributed by atoms with E-state index >= 15 is 0 Å². The normalized spacial score (nSPS) is 12.8. The molecular weight excluding hydrogens is 164 g/mol. The second kappa shape index (κ2) is 4.17. The molecule has 0 aliphatic heterocycles. The number of aliphatic hydroxyl groups is 1. The molecule has 0 bridgehead atoms. The highest BCUT2D eigenvalue weighted by atomic mass is 16.4. The Morgan fingerprint density at radius 3 is 1.83 bits per heavy atom. The third-order valence-electron chi connectivity index (χ3n) is 1.05. The minimum absolute atomic E-state index is 0.0530. The number of rotatable bonds is 3. The van der Waals surface area contributed by atoms with E-state index in [1.807, 2.05) is 0 Å². The molecule has 0 saturated carbocycles. The second-order valence-electron chi connectivity index (χ2n) is 2.01. The molecule has 0 rings (SSSR count). The summed E-state index contributed by atoms with van der Waals surface area (Å²) in [7, 11) is 0. The van der Waals surface area contributed by atoms with Gasteiger partial charge in [-0.05, 0) is 19.1 Å². The van der Waals surface area contributed by atoms with Gasteiger partial charge < -0.3 is 15.3 Å². The summed E-state index contributed by atoms with van der Waals surface area (Å²) in [5, 5.41) is 25.0. The van der Waals surface area contributed by atoms with Crippen molar-refractivity contribution in [3.63, 3.8) is 0 Å². The number of carbonyl (C=O) groups is 2. The van der Waals surface area contributed by atoms with Crippen molar-refractivity contribution >= 4 is 11.9 Å². The zero-order valence-corrected chi connectivity index (χ0v) is 6.31. The van der Waals surface area contributed by atoms with Crippen LogP contribution in [0.5, 0.6) is 0 Å². The summed E-state index contributed by atoms with van der Waals surface area (Å²) < 4.78 is 0. The van der Waals surface area contributed by atoms with Crippen LogP contribution in [-0.2, 0) is 9.59 Å². The first-order chi connectivity index (χ1) is 5.45. The van der Waals surface area contributed by atoms with Crippen molar-refractivity contribution in [3.05, 3.63) is 23.5 Å². The van der Waals surface area contributed by atoms with Crippen molar-refractivity contribution in [1.29, 1.82) is 0 Å². The standard InChI is InChI=1S/C7H8O5/c1-4(6(9)10)2-3-5(8)7(11)12/h2-3,8H,1H3,(H,9,10)(H,11,12)/b4-2-,5-3+. The summed E-state index contributed by atoms with van der Waals surface area (Å²) in [6, 6.07) is 0. The number of hydrogen-bond acceptors (Lipinski definition) is 3. The van der Waals surface area contributed by atoms with Crippen LogP contribution in [0.15, 0.2) is 23.5 Å². The molecule has 0 amide bonds. The Kier molecular flexibility index (Phi) is 3.55. The van der Waals surface area contributed by atoms with Crippen LogP contribution in [-0.4, -0.2) is 27.3 Å². The van der Waals surface area contributed by atoms with Crippen molar-refractivity contribution in [2.75, 3.05) is 0 Å². The molecule has 66 valence electrons. The maximum Gasteiger partial charge on any atom is 0.370 e. The fourth-order valence-electron chi connectivity index (χ4n) is 0.347. The zero-order chi connectivity index (χ0) is 9.72. The summed E-state index contributed by atoms with van der Waals surface area (Å²) in [5.41, 5.74) is -0.0530. The van der Waals surface area contributed by atoms with Crippen LogP contribution in [0.1, 0.15) is 6.92 Å². The minimum Gasteiger partial charge on any atom is -0.502 e. The summed E-state index contributed by atoms with van der Waals surface area (Å²) in [6.45, 7) is 1.29. The lowest BCUT2D eigenvalue weighted by Crippen LogP contribution is -1.99. The largest absolute Gasteiger partial charge is 0.502 e. The Hall–Kier alpha value is -1.78. The molecule has 0 aromatic heterocycles. The van der Waals surface area contributed by atoms with Gasteiger partial charge in [-0.1, -0.05) is 0 Å². The van der Waals surface area contributed by atoms with Gasteiger partial charge in [0, 0.05) is 5.57 Å². The van der Waals surface area contributed by atoms with E-state index in [1.54, 1.807) is 0 Å². The van der Waals surface area contributed by atoms with E-state index in [-0.39, 0.29) is 5.57 Å². The monoisotopic (exact) mass is 172 g/mol. The lowest BCUT2D eigenvalue weighted by Gasteiger charge is -1.89. The fourth-order valence-corrected chi connectivity index (χ4v) is 0.347. The van der Waals surface area contributed by atoms with Crippen LogP contribution < -0.4 is 0 Å². The Morgan fingerprint density at radius 1 is 1.00 bits per heavy atom. The number of carboxylic acid groups (broad SMARTS) is 2. The third-order valence-corrected chi connectivity index (χ3v) is 1.05. The van der Waals surface area contributed by atoms with E-state index in [9.17, 15) is 9.59 Å². The molecule has 0 unspecified atom stereocenters. The van der Waals surface area contributed by atoms with Crippen molar-refractivity contribution in [2.24, 2.45) is 0 Å². The van der Waals surface area contributed by atoms with Crippen molar-refractivity contribution < 1.29 is 24.9 Å². The fraction of sp³-hybridized carbons (Fsp3) is 0.143. The highest BCUT2D eigenvalue weighted by Crippen LogP contribution is 1.95. The predicted molar refractivity (Wildman–Crippen MR) is 39.7 cm³/mol. The van der Waals surface area contributed by atoms with Crippen molar-refractivity contribution in [2.45, 2.75) is 6.92 Å². The first-order valence-corrected chi connectivity index (χ1v) is 2.99. The third kappa shape index (κ3) is 3.40. The molecular formula is C7H8O5. The lowest BCUT2D eigenvalue weighted by molar-refractivity contribution is -0.135. The molecule has 0 aromatic rings. The van der Waals surface area contributed by atoms with Crippen LogP contribution in [0.4, 0.5) is 0 Å². The van der Waals surface area contributed by atoms with E-state index in [4.69, 9.17) is 15.3 Å². The molecule has 0 saturated heterocycles. The van der Waals surface area contributed by atoms with Gasteiger partial charge in [0.05, 0.1) is 0 Å². The molecule has 0 spiro atoms. The number of aliphatic hydroxyl groups excluding tert-OH is 1. The Balaban J connectivity index is 4.48. The van der Waals surface area contributed by atoms with Gasteiger partial charge in [-0.15, -0.1) is 0 Å². The zero-order valence-electron chi connectivity index (χ0n) is 6.31. The minimum atomic E-state index is -1.50. The topological polar surface area (TPSA) is 94.8 Å². The van der Waals surface area contributed by atoms with Gasteiger partial charge in [-0.25, -0.2) is 9.59 Å². The molecule has 0 heterocycles. The van der Waals surface area contributed by atoms with Crippen LogP contribution in [0.25, 0.3) is 0 Å². The van der Waals surface area contributed by atoms with Gasteiger partial charge in [-0.3, -0.25) is 0 Å². The summed E-state index contributed by atoms with van der Waals surface area (Å²) in [5.74, 6) is -3.55. The molecule has 12 heavy (non-hydrogen) atoms. The predicted octanol–water partition coefficient (Wildman–Crippen LogP) is 0.544. The Bertz CT molecular complexity index is 233. The number of hydrogen-bond donors (Lipinski definition) is 3. The average molecular weight is 172 g/mol. The Morgan fingerprint density at radius 2 is 1.50 bits per heavy atom. The summed E-state index contributed by atoms with van der Waals surface area (Å²) in [4.78, 5) is 20.1. The maximum absolute atomic E-state index is 10.2. The van der Waals surface area contributed by atoms with Gasteiger partial charge >= 0.3 is 11.9 Å². The molecule has 0 radical (unpaired) electrons. The molecule has 3 N–H and O–H groups in total. The summed E-state index contributed by atoms with van der Waals surface area (Å²) in [6.07, 6.45) is 1.82. The van der Waals surface area contributed by atoms with Gasteiger partial charge in [0.15, 0.2) is 0 Å². The maximum atomic E-state index is 10.2. The number of allylic oxidation sites excluding steroid dienone is 2. The highest BCUT2D eigenvalue weighted by molar-refractivity contribution is 5.87. The average Bonchev–Trinajstić information content (AvgIpc) is 1.98. The van der Waals surface area contributed by atoms with Crippen LogP contribution >= 0.6 is 0 Å². The highest BCUT2D eigenvalue weighted by Gasteiger charge is 2.02. The van der Waals surface area contributed by atoms with Crippen LogP contribution in [0.3, 0.4) is 0 Å². The van der Waals surface area contributed by atoms with E-state index in [1.165, 1.54) is 6.92 Å². The molecule has 0 aromatic carbocycles. The summed E-state index contributed by atoms with van der Waals surface area (Å²) >= 11 is 0. The lowest BCUT2D eigenvalue weighted by atomic mass is 10.2. The molecule has 0 fully saturated rings. The van der Waals surface area contributed by atoms with Crippen LogP contribution in [0, 0.1) is 0 Å². The molecule has 5 nitrogen and oxygen atoms in total. The molecule has 0 aliphatic rings. The quantitative estimate of drug-likeness (QED) is 0.328. The second-order valence-corrected chi connectivity index (χ2v) is 2.01. The smallest absolute Gasteiger partial charge is 0.370 e. The van der Waals surface area contributed by atoms with Crippen molar-refractivity contribution in [1.82, 2.24) is 0 Å². The SMILES string of the molecule is C/C(=C/C=C(/O)C(=O)O)C(=O)O. The van der Waals surface area contributed by atoms with Gasteiger partial charge in [-0.2, -0.15) is 0 Å². The van der Waals surface area contributed by atoms with Crippen molar-refractivity contribution in [3.8, 4) is 0 Å². The first kappa shape index (κ1) is 10.2. The van der Waals surface area contributed by atoms with Crippen LogP contribution in [0.2, 0.25) is 0 Å². The van der Waals surface area contributed by atoms with Gasteiger partial charge in [0.25, 0.3) is 0 Å².